The Hall–Kier alpha value is -4.03. The molecule has 9 nitrogen and oxygen atoms in total. The standard InChI is InChI=1S/C30H34N8O/c1-37-20-34-36-29(37)30(15-22(16-30)9-10-31)24-7-4-8-25(14-24)35-28(39)26-13-23(19-38-12-11-33-27(26)38)18-32-17-21-5-2-3-6-21/h4,7-8,11-14,19-22,32H,2-3,5-6,9,15-18H2,1H3,(H,35,39). The summed E-state index contributed by atoms with van der Waals surface area (Å²) < 4.78 is 3.87. The second kappa shape index (κ2) is 10.6. The normalized spacial score (nSPS) is 21.1. The SMILES string of the molecule is Cn1cnnc1C1(c2cccc(NC(=O)c3cc(CNCC4CCCC4)cn4ccnc34)c2)CC(CC#N)C1. The van der Waals surface area contributed by atoms with Gasteiger partial charge in [-0.15, -0.1) is 10.2 Å². The van der Waals surface area contributed by atoms with E-state index >= 15 is 0 Å². The van der Waals surface area contributed by atoms with Crippen LogP contribution in [0.25, 0.3) is 5.65 Å². The first-order chi connectivity index (χ1) is 19.1. The predicted molar refractivity (Wildman–Crippen MR) is 148 cm³/mol. The van der Waals surface area contributed by atoms with Gasteiger partial charge in [-0.1, -0.05) is 25.0 Å². The Labute approximate surface area is 228 Å². The molecule has 0 bridgehead atoms. The van der Waals surface area contributed by atoms with Gasteiger partial charge in [0.15, 0.2) is 0 Å². The fraction of sp³-hybridized carbons (Fsp3) is 0.433. The quantitative estimate of drug-likeness (QED) is 0.332. The molecule has 0 saturated heterocycles. The number of nitriles is 1. The van der Waals surface area contributed by atoms with Gasteiger partial charge in [-0.25, -0.2) is 4.98 Å². The van der Waals surface area contributed by atoms with Crippen molar-refractivity contribution in [3.63, 3.8) is 0 Å². The van der Waals surface area contributed by atoms with Crippen LogP contribution in [0.1, 0.15) is 72.3 Å². The lowest BCUT2D eigenvalue weighted by Crippen LogP contribution is -2.44. The molecule has 2 N–H and O–H groups in total. The molecule has 0 unspecified atom stereocenters. The summed E-state index contributed by atoms with van der Waals surface area (Å²) >= 11 is 0. The van der Waals surface area contributed by atoms with E-state index in [2.05, 4.69) is 38.0 Å². The van der Waals surface area contributed by atoms with E-state index < -0.39 is 0 Å². The molecule has 2 fully saturated rings. The zero-order chi connectivity index (χ0) is 26.8. The zero-order valence-electron chi connectivity index (χ0n) is 22.3. The Bertz CT molecular complexity index is 1520. The first-order valence-corrected chi connectivity index (χ1v) is 13.9. The number of anilines is 1. The zero-order valence-corrected chi connectivity index (χ0v) is 22.3. The fourth-order valence-electron chi connectivity index (χ4n) is 6.55. The number of pyridine rings is 1. The Kier molecular flexibility index (Phi) is 6.88. The first kappa shape index (κ1) is 25.3. The highest BCUT2D eigenvalue weighted by Crippen LogP contribution is 2.53. The van der Waals surface area contributed by atoms with Crippen molar-refractivity contribution in [2.75, 3.05) is 11.9 Å². The predicted octanol–water partition coefficient (Wildman–Crippen LogP) is 4.60. The van der Waals surface area contributed by atoms with Crippen molar-refractivity contribution in [2.45, 2.75) is 56.9 Å². The third kappa shape index (κ3) is 4.92. The molecule has 39 heavy (non-hydrogen) atoms. The van der Waals surface area contributed by atoms with Crippen molar-refractivity contribution in [2.24, 2.45) is 18.9 Å². The van der Waals surface area contributed by atoms with E-state index in [1.807, 2.05) is 52.7 Å². The summed E-state index contributed by atoms with van der Waals surface area (Å²) in [6.07, 6.45) is 14.8. The summed E-state index contributed by atoms with van der Waals surface area (Å²) in [5.41, 5.74) is 3.70. The smallest absolute Gasteiger partial charge is 0.259 e. The largest absolute Gasteiger partial charge is 0.322 e. The summed E-state index contributed by atoms with van der Waals surface area (Å²) in [7, 11) is 1.95. The van der Waals surface area contributed by atoms with Crippen LogP contribution in [0.5, 0.6) is 0 Å². The first-order valence-electron chi connectivity index (χ1n) is 13.9. The molecule has 2 saturated carbocycles. The van der Waals surface area contributed by atoms with E-state index in [0.29, 0.717) is 30.1 Å². The van der Waals surface area contributed by atoms with Gasteiger partial charge in [0.2, 0.25) is 0 Å². The minimum atomic E-state index is -0.325. The minimum Gasteiger partial charge on any atom is -0.322 e. The van der Waals surface area contributed by atoms with Crippen molar-refractivity contribution in [1.82, 2.24) is 29.5 Å². The van der Waals surface area contributed by atoms with Crippen molar-refractivity contribution in [3.05, 3.63) is 77.8 Å². The van der Waals surface area contributed by atoms with Crippen molar-refractivity contribution < 1.29 is 4.79 Å². The van der Waals surface area contributed by atoms with Crippen LogP contribution in [0.3, 0.4) is 0 Å². The van der Waals surface area contributed by atoms with Crippen LogP contribution in [0.2, 0.25) is 0 Å². The number of benzene rings is 1. The monoisotopic (exact) mass is 522 g/mol. The summed E-state index contributed by atoms with van der Waals surface area (Å²) in [5.74, 6) is 1.78. The lowest BCUT2D eigenvalue weighted by molar-refractivity contribution is 0.102. The van der Waals surface area contributed by atoms with Gasteiger partial charge in [-0.05, 0) is 73.4 Å². The van der Waals surface area contributed by atoms with Gasteiger partial charge >= 0.3 is 0 Å². The Morgan fingerprint density at radius 3 is 2.82 bits per heavy atom. The highest BCUT2D eigenvalue weighted by molar-refractivity contribution is 6.08. The molecule has 3 aromatic heterocycles. The second-order valence-corrected chi connectivity index (χ2v) is 11.2. The third-order valence-corrected chi connectivity index (χ3v) is 8.49. The molecule has 9 heteroatoms. The van der Waals surface area contributed by atoms with Gasteiger partial charge in [0.05, 0.1) is 17.0 Å². The molecule has 2 aliphatic carbocycles. The number of amides is 1. The maximum Gasteiger partial charge on any atom is 0.259 e. The maximum absolute atomic E-state index is 13.6. The fourth-order valence-corrected chi connectivity index (χ4v) is 6.55. The van der Waals surface area contributed by atoms with Crippen molar-refractivity contribution in [1.29, 1.82) is 5.26 Å². The average molecular weight is 523 g/mol. The Balaban J connectivity index is 1.23. The number of fused-ring (bicyclic) bond motifs is 1. The highest BCUT2D eigenvalue weighted by Gasteiger charge is 2.49. The number of nitrogens with one attached hydrogen (secondary N) is 2. The molecule has 6 rings (SSSR count). The number of hydrogen-bond acceptors (Lipinski definition) is 6. The van der Waals surface area contributed by atoms with E-state index in [1.165, 1.54) is 25.7 Å². The van der Waals surface area contributed by atoms with E-state index in [-0.39, 0.29) is 11.3 Å². The van der Waals surface area contributed by atoms with Gasteiger partial charge < -0.3 is 19.6 Å². The number of rotatable bonds is 9. The van der Waals surface area contributed by atoms with Gasteiger partial charge in [0.1, 0.15) is 17.8 Å². The molecule has 0 atom stereocenters. The van der Waals surface area contributed by atoms with Crippen LogP contribution in [-0.2, 0) is 19.0 Å². The number of carbonyl (C=O) groups is 1. The van der Waals surface area contributed by atoms with E-state index in [9.17, 15) is 10.1 Å². The van der Waals surface area contributed by atoms with Crippen molar-refractivity contribution in [3.8, 4) is 6.07 Å². The molecule has 0 spiro atoms. The molecule has 3 heterocycles. The van der Waals surface area contributed by atoms with Gasteiger partial charge in [0.25, 0.3) is 5.91 Å². The molecule has 1 aromatic carbocycles. The molecular weight excluding hydrogens is 488 g/mol. The second-order valence-electron chi connectivity index (χ2n) is 11.2. The Morgan fingerprint density at radius 1 is 1.21 bits per heavy atom. The number of imidazole rings is 1. The van der Waals surface area contributed by atoms with E-state index in [4.69, 9.17) is 0 Å². The lowest BCUT2D eigenvalue weighted by atomic mass is 9.57. The molecule has 2 aliphatic rings. The van der Waals surface area contributed by atoms with Crippen LogP contribution in [-0.4, -0.2) is 36.6 Å². The molecular formula is C30H34N8O. The summed E-state index contributed by atoms with van der Waals surface area (Å²) in [4.78, 5) is 18.0. The van der Waals surface area contributed by atoms with Gasteiger partial charge in [0, 0.05) is 44.3 Å². The number of nitrogens with zero attached hydrogens (tertiary/aromatic N) is 6. The van der Waals surface area contributed by atoms with E-state index in [0.717, 1.165) is 47.9 Å². The highest BCUT2D eigenvalue weighted by atomic mass is 16.1. The Morgan fingerprint density at radius 2 is 2.05 bits per heavy atom. The average Bonchev–Trinajstić information content (AvgIpc) is 3.68. The van der Waals surface area contributed by atoms with Crippen LogP contribution < -0.4 is 10.6 Å². The number of hydrogen-bond donors (Lipinski definition) is 2. The van der Waals surface area contributed by atoms with Crippen LogP contribution in [0.4, 0.5) is 5.69 Å². The molecule has 200 valence electrons. The van der Waals surface area contributed by atoms with E-state index in [1.54, 1.807) is 12.5 Å². The summed E-state index contributed by atoms with van der Waals surface area (Å²) in [6.45, 7) is 1.73. The van der Waals surface area contributed by atoms with Crippen LogP contribution in [0, 0.1) is 23.2 Å². The van der Waals surface area contributed by atoms with Crippen LogP contribution in [0.15, 0.2) is 55.2 Å². The van der Waals surface area contributed by atoms with Crippen molar-refractivity contribution >= 4 is 17.2 Å². The topological polar surface area (TPSA) is 113 Å². The minimum absolute atomic E-state index is 0.190. The van der Waals surface area contributed by atoms with Gasteiger partial charge in [-0.3, -0.25) is 4.79 Å². The summed E-state index contributed by atoms with van der Waals surface area (Å²) in [6, 6.07) is 12.2. The number of aryl methyl sites for hydroxylation is 1. The van der Waals surface area contributed by atoms with Crippen LogP contribution >= 0.6 is 0 Å². The molecule has 0 radical (unpaired) electrons. The third-order valence-electron chi connectivity index (χ3n) is 8.49. The molecule has 4 aromatic rings. The molecule has 0 aliphatic heterocycles. The number of aromatic nitrogens is 5. The maximum atomic E-state index is 13.6. The van der Waals surface area contributed by atoms with Gasteiger partial charge in [-0.2, -0.15) is 5.26 Å². The molecule has 1 amide bonds. The lowest BCUT2D eigenvalue weighted by Gasteiger charge is -2.46. The summed E-state index contributed by atoms with van der Waals surface area (Å²) in [5, 5.41) is 24.5. The number of carbonyl (C=O) groups excluding carboxylic acids is 1.